The summed E-state index contributed by atoms with van der Waals surface area (Å²) in [6.07, 6.45) is -7.56. The lowest BCUT2D eigenvalue weighted by atomic mass is 9.53. The molecule has 0 bridgehead atoms. The minimum atomic E-state index is -2.95. The van der Waals surface area contributed by atoms with Crippen LogP contribution in [0.2, 0.25) is 36.3 Å². The highest BCUT2D eigenvalue weighted by Crippen LogP contribution is 2.74. The lowest BCUT2D eigenvalue weighted by Crippen LogP contribution is -2.78. The predicted molar refractivity (Wildman–Crippen MR) is 276 cm³/mol. The van der Waals surface area contributed by atoms with Crippen molar-refractivity contribution in [3.8, 4) is 0 Å². The first-order valence-corrected chi connectivity index (χ1v) is 31.0. The summed E-state index contributed by atoms with van der Waals surface area (Å²) in [5.74, 6) is -4.82. The first kappa shape index (κ1) is 55.3. The zero-order valence-corrected chi connectivity index (χ0v) is 48.2. The quantitative estimate of drug-likeness (QED) is 0.260. The van der Waals surface area contributed by atoms with Crippen molar-refractivity contribution in [3.05, 3.63) is 59.7 Å². The number of amides is 6. The number of aliphatic hydroxyl groups is 4. The summed E-state index contributed by atoms with van der Waals surface area (Å²) in [6.45, 7) is 27.6. The van der Waals surface area contributed by atoms with Crippen LogP contribution in [0.25, 0.3) is 0 Å². The topological polar surface area (TPSA) is 240 Å². The van der Waals surface area contributed by atoms with Crippen LogP contribution in [0.1, 0.15) is 107 Å². The molecule has 6 amide bonds. The van der Waals surface area contributed by atoms with Gasteiger partial charge in [0.05, 0.1) is 35.4 Å². The Kier molecular flexibility index (Phi) is 12.2. The highest BCUT2D eigenvalue weighted by Gasteiger charge is 2.88. The minimum absolute atomic E-state index is 0.112. The normalized spacial score (nSPS) is 32.1. The maximum Gasteiger partial charge on any atom is 0.416 e. The van der Waals surface area contributed by atoms with Gasteiger partial charge in [-0.2, -0.15) is 0 Å². The Morgan fingerprint density at radius 2 is 0.838 bits per heavy atom. The molecule has 8 atom stereocenters. The predicted octanol–water partition coefficient (Wildman–Crippen LogP) is 5.23. The Morgan fingerprint density at radius 3 is 1.12 bits per heavy atom. The number of fused-ring (bicyclic) bond motifs is 11. The highest BCUT2D eigenvalue weighted by atomic mass is 28.4. The molecule has 0 spiro atoms. The summed E-state index contributed by atoms with van der Waals surface area (Å²) in [7, 11) is -3.29. The number of piperazine rings is 2. The molecule has 4 N–H and O–H groups in total. The van der Waals surface area contributed by atoms with Gasteiger partial charge in [-0.1, -0.05) is 77.9 Å². The van der Waals surface area contributed by atoms with Gasteiger partial charge in [-0.15, -0.1) is 0 Å². The molecular formula is C52H76N6O14Si2. The van der Waals surface area contributed by atoms with Crippen molar-refractivity contribution in [2.45, 2.75) is 189 Å². The molecule has 0 aliphatic carbocycles. The van der Waals surface area contributed by atoms with Crippen LogP contribution >= 0.6 is 0 Å². The lowest BCUT2D eigenvalue weighted by Gasteiger charge is -2.53. The van der Waals surface area contributed by atoms with Crippen LogP contribution in [0.5, 0.6) is 0 Å². The maximum atomic E-state index is 16.0. The Labute approximate surface area is 435 Å². The molecule has 4 saturated heterocycles. The molecule has 0 unspecified atom stereocenters. The van der Waals surface area contributed by atoms with Crippen LogP contribution in [0.15, 0.2) is 48.5 Å². The first-order chi connectivity index (χ1) is 33.5. The van der Waals surface area contributed by atoms with E-state index in [2.05, 4.69) is 0 Å². The fourth-order valence-electron chi connectivity index (χ4n) is 11.6. The van der Waals surface area contributed by atoms with E-state index in [1.165, 1.54) is 14.1 Å². The third kappa shape index (κ3) is 7.31. The van der Waals surface area contributed by atoms with Gasteiger partial charge in [-0.3, -0.25) is 38.8 Å². The lowest BCUT2D eigenvalue weighted by molar-refractivity contribution is -0.232. The summed E-state index contributed by atoms with van der Waals surface area (Å²) in [4.78, 5) is 98.8. The molecule has 406 valence electrons. The molecule has 20 nitrogen and oxygen atoms in total. The Balaban J connectivity index is 1.48. The van der Waals surface area contributed by atoms with Gasteiger partial charge in [-0.05, 0) is 101 Å². The van der Waals surface area contributed by atoms with Gasteiger partial charge >= 0.3 is 12.2 Å². The number of carbonyl (C=O) groups excluding carboxylic acids is 6. The third-order valence-corrected chi connectivity index (χ3v) is 26.3. The van der Waals surface area contributed by atoms with Crippen LogP contribution in [-0.4, -0.2) is 166 Å². The molecule has 4 fully saturated rings. The average molecular weight is 1070 g/mol. The monoisotopic (exact) mass is 1060 g/mol. The number of likely N-dealkylation sites (N-methyl/N-ethyl adjacent to an activating group) is 2. The number of hydrogen-bond donors (Lipinski definition) is 4. The second-order valence-corrected chi connectivity index (χ2v) is 35.8. The van der Waals surface area contributed by atoms with Crippen LogP contribution in [0.4, 0.5) is 21.0 Å². The van der Waals surface area contributed by atoms with Gasteiger partial charge in [0.1, 0.15) is 23.5 Å². The van der Waals surface area contributed by atoms with E-state index in [-0.39, 0.29) is 22.5 Å². The Bertz CT molecular complexity index is 2570. The van der Waals surface area contributed by atoms with Crippen molar-refractivity contribution in [1.82, 2.24) is 19.6 Å². The van der Waals surface area contributed by atoms with Gasteiger partial charge in [0.25, 0.3) is 23.6 Å². The molecule has 8 rings (SSSR count). The van der Waals surface area contributed by atoms with E-state index < -0.39 is 146 Å². The summed E-state index contributed by atoms with van der Waals surface area (Å²) in [5, 5.41) is 52.0. The van der Waals surface area contributed by atoms with E-state index in [1.54, 1.807) is 90.1 Å². The fourth-order valence-corrected chi connectivity index (χ4v) is 13.5. The Morgan fingerprint density at radius 1 is 0.541 bits per heavy atom. The number of carbonyl (C=O) groups is 6. The van der Waals surface area contributed by atoms with E-state index >= 15 is 28.8 Å². The molecular weight excluding hydrogens is 989 g/mol. The summed E-state index contributed by atoms with van der Waals surface area (Å²) >= 11 is 0. The molecule has 2 aromatic carbocycles. The number of hydrogen-bond acceptors (Lipinski definition) is 14. The second-order valence-electron chi connectivity index (χ2n) is 26.2. The molecule has 22 heteroatoms. The van der Waals surface area contributed by atoms with Crippen molar-refractivity contribution in [1.29, 1.82) is 0 Å². The van der Waals surface area contributed by atoms with E-state index in [4.69, 9.17) is 18.3 Å². The van der Waals surface area contributed by atoms with Gasteiger partial charge in [0.2, 0.25) is 22.9 Å². The van der Waals surface area contributed by atoms with Gasteiger partial charge in [0, 0.05) is 26.9 Å². The van der Waals surface area contributed by atoms with Crippen LogP contribution < -0.4 is 9.80 Å². The Hall–Kier alpha value is -4.95. The molecule has 0 radical (unpaired) electrons. The summed E-state index contributed by atoms with van der Waals surface area (Å²) < 4.78 is 25.2. The van der Waals surface area contributed by atoms with Crippen molar-refractivity contribution < 1.29 is 67.5 Å². The van der Waals surface area contributed by atoms with Gasteiger partial charge < -0.3 is 48.6 Å². The zero-order chi connectivity index (χ0) is 55.7. The highest BCUT2D eigenvalue weighted by molar-refractivity contribution is 6.74. The smallest absolute Gasteiger partial charge is 0.416 e. The number of benzene rings is 2. The van der Waals surface area contributed by atoms with Crippen molar-refractivity contribution >= 4 is 63.8 Å². The van der Waals surface area contributed by atoms with Crippen molar-refractivity contribution in [2.75, 3.05) is 37.1 Å². The van der Waals surface area contributed by atoms with Gasteiger partial charge in [-0.25, -0.2) is 9.59 Å². The maximum absolute atomic E-state index is 16.0. The van der Waals surface area contributed by atoms with Crippen LogP contribution in [0.3, 0.4) is 0 Å². The first-order valence-electron chi connectivity index (χ1n) is 25.1. The fraction of sp³-hybridized carbons (Fsp3) is 0.654. The van der Waals surface area contributed by atoms with E-state index in [0.717, 1.165) is 29.4 Å². The van der Waals surface area contributed by atoms with Gasteiger partial charge in [0.15, 0.2) is 16.6 Å². The largest absolute Gasteiger partial charge is 0.443 e. The number of nitrogens with zero attached hydrogens (tertiary/aromatic N) is 6. The summed E-state index contributed by atoms with van der Waals surface area (Å²) in [6, 6.07) is 12.9. The van der Waals surface area contributed by atoms with Crippen molar-refractivity contribution in [3.63, 3.8) is 0 Å². The number of para-hydroxylation sites is 2. The SMILES string of the molecule is CN1C(=O)[C@@]2(O)C[C@]3([C@]45C[C@]6(O)C(=O)N(C)[C@](O)(CO[Si](C)(C)C(C)(C)C)C(=O)N6[C@H]4N(C(=O)OC(C)(C)C)c4ccccc45)c4ccccc4N(C(=O)OC(C)(C)C)[C@@H]3N2C(=O)[C@@]1(O)CO[Si](C)(C)C(C)(C)C. The van der Waals surface area contributed by atoms with E-state index in [1.807, 2.05) is 67.7 Å². The second kappa shape index (κ2) is 16.3. The standard InChI is InChI=1S/C52H76N6O14Si2/c1-43(2,3)71-41(63)55-33-25-21-19-23-31(33)47(27-49(65)37(59)53(13)51(67,39(61)57(49)35(47)55)29-69-73(15,16)45(7,8)9)48-28-50(66)38(60)54(14)52(68,30-70-74(17,18)46(10,11)12)40(62)58(50)36(48)56(42(64)72-44(4,5)6)34-26-22-20-24-32(34)48/h19-26,35-36,65-68H,27-30H2,1-18H3/t35-,36-,47+,48+,49+,50+,51+,52+/m1/s1. The molecule has 6 aliphatic rings. The van der Waals surface area contributed by atoms with E-state index in [0.29, 0.717) is 0 Å². The average Bonchev–Trinajstić information content (AvgIpc) is 3.92. The van der Waals surface area contributed by atoms with Crippen LogP contribution in [0, 0.1) is 0 Å². The molecule has 2 aromatic rings. The number of ether oxygens (including phenoxy) is 2. The summed E-state index contributed by atoms with van der Waals surface area (Å²) in [5.41, 5.74) is -17.7. The molecule has 6 heterocycles. The number of anilines is 2. The molecule has 0 saturated carbocycles. The van der Waals surface area contributed by atoms with E-state index in [9.17, 15) is 20.4 Å². The molecule has 6 aliphatic heterocycles. The molecule has 74 heavy (non-hydrogen) atoms. The zero-order valence-electron chi connectivity index (χ0n) is 46.2. The van der Waals surface area contributed by atoms with Crippen molar-refractivity contribution in [2.24, 2.45) is 0 Å². The van der Waals surface area contributed by atoms with Crippen LogP contribution in [-0.2, 0) is 48.3 Å². The third-order valence-electron chi connectivity index (χ3n) is 17.4. The molecule has 0 aromatic heterocycles. The number of rotatable bonds is 7. The minimum Gasteiger partial charge on any atom is -0.443 e.